The van der Waals surface area contributed by atoms with E-state index in [0.717, 1.165) is 13.1 Å². The number of nitrogens with zero attached hydrogens (tertiary/aromatic N) is 1. The van der Waals surface area contributed by atoms with Crippen molar-refractivity contribution in [1.29, 1.82) is 0 Å². The fourth-order valence-electron chi connectivity index (χ4n) is 1.75. The molecule has 17 heavy (non-hydrogen) atoms. The summed E-state index contributed by atoms with van der Waals surface area (Å²) in [5, 5.41) is 8.66. The third-order valence-electron chi connectivity index (χ3n) is 2.45. The molecular weight excluding hydrogens is 214 g/mol. The standard InChI is InChI=1S/C14H23NO2/c1-13(2)12-15(8-10-17-11-9-16)14-6-4-3-5-7-14/h3-7,13,16H,8-12H2,1-2H3. The molecular formula is C14H23NO2. The van der Waals surface area contributed by atoms with Gasteiger partial charge < -0.3 is 14.7 Å². The Balaban J connectivity index is 2.49. The van der Waals surface area contributed by atoms with Gasteiger partial charge in [0.2, 0.25) is 0 Å². The lowest BCUT2D eigenvalue weighted by Crippen LogP contribution is -2.31. The molecule has 0 atom stereocenters. The predicted molar refractivity (Wildman–Crippen MR) is 71.4 cm³/mol. The molecule has 1 aromatic rings. The summed E-state index contributed by atoms with van der Waals surface area (Å²) in [6, 6.07) is 10.4. The highest BCUT2D eigenvalue weighted by atomic mass is 16.5. The van der Waals surface area contributed by atoms with E-state index >= 15 is 0 Å². The zero-order valence-electron chi connectivity index (χ0n) is 10.8. The van der Waals surface area contributed by atoms with Crippen LogP contribution in [0.15, 0.2) is 30.3 Å². The molecule has 96 valence electrons. The second-order valence-corrected chi connectivity index (χ2v) is 4.51. The SMILES string of the molecule is CC(C)CN(CCOCCO)c1ccccc1. The number of ether oxygens (including phenoxy) is 1. The van der Waals surface area contributed by atoms with Crippen LogP contribution in [0.25, 0.3) is 0 Å². The van der Waals surface area contributed by atoms with Crippen molar-refractivity contribution in [2.24, 2.45) is 5.92 Å². The average molecular weight is 237 g/mol. The first kappa shape index (κ1) is 14.0. The summed E-state index contributed by atoms with van der Waals surface area (Å²) in [7, 11) is 0. The molecule has 1 N–H and O–H groups in total. The van der Waals surface area contributed by atoms with Gasteiger partial charge in [0, 0.05) is 18.8 Å². The van der Waals surface area contributed by atoms with Crippen LogP contribution in [0, 0.1) is 5.92 Å². The van der Waals surface area contributed by atoms with Crippen molar-refractivity contribution >= 4 is 5.69 Å². The smallest absolute Gasteiger partial charge is 0.0698 e. The summed E-state index contributed by atoms with van der Waals surface area (Å²) in [4.78, 5) is 2.32. The molecule has 1 aromatic carbocycles. The van der Waals surface area contributed by atoms with Crippen LogP contribution in [0.2, 0.25) is 0 Å². The monoisotopic (exact) mass is 237 g/mol. The zero-order chi connectivity index (χ0) is 12.5. The average Bonchev–Trinajstić information content (AvgIpc) is 2.34. The second kappa shape index (κ2) is 8.09. The Bertz CT molecular complexity index is 288. The molecule has 0 fully saturated rings. The second-order valence-electron chi connectivity index (χ2n) is 4.51. The van der Waals surface area contributed by atoms with Gasteiger partial charge in [-0.2, -0.15) is 0 Å². The van der Waals surface area contributed by atoms with Crippen LogP contribution in [-0.2, 0) is 4.74 Å². The Labute approximate surface area is 104 Å². The quantitative estimate of drug-likeness (QED) is 0.703. The number of hydrogen-bond donors (Lipinski definition) is 1. The number of anilines is 1. The van der Waals surface area contributed by atoms with E-state index in [9.17, 15) is 0 Å². The van der Waals surface area contributed by atoms with Crippen molar-refractivity contribution < 1.29 is 9.84 Å². The summed E-state index contributed by atoms with van der Waals surface area (Å²) >= 11 is 0. The van der Waals surface area contributed by atoms with Crippen molar-refractivity contribution in [2.75, 3.05) is 37.8 Å². The Kier molecular flexibility index (Phi) is 6.67. The lowest BCUT2D eigenvalue weighted by atomic mass is 10.2. The van der Waals surface area contributed by atoms with Crippen molar-refractivity contribution in [2.45, 2.75) is 13.8 Å². The molecule has 0 bridgehead atoms. The van der Waals surface area contributed by atoms with Crippen LogP contribution in [0.1, 0.15) is 13.8 Å². The number of benzene rings is 1. The highest BCUT2D eigenvalue weighted by Crippen LogP contribution is 2.14. The Morgan fingerprint density at radius 1 is 1.18 bits per heavy atom. The van der Waals surface area contributed by atoms with Crippen LogP contribution in [0.3, 0.4) is 0 Å². The topological polar surface area (TPSA) is 32.7 Å². The summed E-state index contributed by atoms with van der Waals surface area (Å²) in [6.07, 6.45) is 0. The van der Waals surface area contributed by atoms with Crippen LogP contribution in [0.4, 0.5) is 5.69 Å². The van der Waals surface area contributed by atoms with Gasteiger partial charge in [0.1, 0.15) is 0 Å². The fourth-order valence-corrected chi connectivity index (χ4v) is 1.75. The molecule has 0 aromatic heterocycles. The molecule has 0 unspecified atom stereocenters. The summed E-state index contributed by atoms with van der Waals surface area (Å²) in [6.45, 7) is 7.48. The van der Waals surface area contributed by atoms with Crippen LogP contribution in [-0.4, -0.2) is 38.0 Å². The first-order valence-corrected chi connectivity index (χ1v) is 6.22. The van der Waals surface area contributed by atoms with Crippen LogP contribution < -0.4 is 4.90 Å². The number of aliphatic hydroxyl groups is 1. The highest BCUT2D eigenvalue weighted by Gasteiger charge is 2.07. The van der Waals surface area contributed by atoms with Gasteiger partial charge in [-0.05, 0) is 18.1 Å². The molecule has 0 aliphatic rings. The van der Waals surface area contributed by atoms with Gasteiger partial charge in [0.25, 0.3) is 0 Å². The van der Waals surface area contributed by atoms with E-state index in [-0.39, 0.29) is 6.61 Å². The summed E-state index contributed by atoms with van der Waals surface area (Å²) < 4.78 is 5.32. The third kappa shape index (κ3) is 5.71. The molecule has 0 saturated heterocycles. The largest absolute Gasteiger partial charge is 0.394 e. The van der Waals surface area contributed by atoms with E-state index in [4.69, 9.17) is 9.84 Å². The summed E-state index contributed by atoms with van der Waals surface area (Å²) in [5.74, 6) is 0.619. The zero-order valence-corrected chi connectivity index (χ0v) is 10.8. The van der Waals surface area contributed by atoms with Crippen molar-refractivity contribution in [1.82, 2.24) is 0 Å². The normalized spacial score (nSPS) is 10.8. The maximum Gasteiger partial charge on any atom is 0.0698 e. The minimum atomic E-state index is 0.0928. The molecule has 3 heteroatoms. The number of aliphatic hydroxyl groups excluding tert-OH is 1. The Hall–Kier alpha value is -1.06. The maximum atomic E-state index is 8.66. The first-order valence-electron chi connectivity index (χ1n) is 6.22. The Morgan fingerprint density at radius 3 is 2.47 bits per heavy atom. The van der Waals surface area contributed by atoms with E-state index in [1.807, 2.05) is 6.07 Å². The minimum absolute atomic E-state index is 0.0928. The van der Waals surface area contributed by atoms with Gasteiger partial charge in [0.15, 0.2) is 0 Å². The number of hydrogen-bond acceptors (Lipinski definition) is 3. The number of para-hydroxylation sites is 1. The van der Waals surface area contributed by atoms with Gasteiger partial charge in [0.05, 0.1) is 19.8 Å². The molecule has 1 rings (SSSR count). The van der Waals surface area contributed by atoms with Crippen molar-refractivity contribution in [3.8, 4) is 0 Å². The van der Waals surface area contributed by atoms with Crippen LogP contribution in [0.5, 0.6) is 0 Å². The lowest BCUT2D eigenvalue weighted by Gasteiger charge is -2.26. The highest BCUT2D eigenvalue weighted by molar-refractivity contribution is 5.45. The molecule has 0 radical (unpaired) electrons. The van der Waals surface area contributed by atoms with Gasteiger partial charge in [-0.1, -0.05) is 32.0 Å². The third-order valence-corrected chi connectivity index (χ3v) is 2.45. The number of rotatable bonds is 8. The first-order chi connectivity index (χ1) is 8.24. The maximum absolute atomic E-state index is 8.66. The van der Waals surface area contributed by atoms with E-state index in [2.05, 4.69) is 43.0 Å². The molecule has 0 heterocycles. The molecule has 0 spiro atoms. The van der Waals surface area contributed by atoms with Gasteiger partial charge in [-0.15, -0.1) is 0 Å². The van der Waals surface area contributed by atoms with E-state index < -0.39 is 0 Å². The van der Waals surface area contributed by atoms with Crippen LogP contribution >= 0.6 is 0 Å². The summed E-state index contributed by atoms with van der Waals surface area (Å²) in [5.41, 5.74) is 1.23. The van der Waals surface area contributed by atoms with E-state index in [1.165, 1.54) is 5.69 Å². The molecule has 0 amide bonds. The van der Waals surface area contributed by atoms with Crippen molar-refractivity contribution in [3.05, 3.63) is 30.3 Å². The lowest BCUT2D eigenvalue weighted by molar-refractivity contribution is 0.0964. The predicted octanol–water partition coefficient (Wildman–Crippen LogP) is 2.16. The van der Waals surface area contributed by atoms with E-state index in [1.54, 1.807) is 0 Å². The Morgan fingerprint density at radius 2 is 1.88 bits per heavy atom. The molecule has 0 aliphatic heterocycles. The van der Waals surface area contributed by atoms with E-state index in [0.29, 0.717) is 19.1 Å². The van der Waals surface area contributed by atoms with Gasteiger partial charge in [-0.3, -0.25) is 0 Å². The molecule has 3 nitrogen and oxygen atoms in total. The molecule has 0 aliphatic carbocycles. The fraction of sp³-hybridized carbons (Fsp3) is 0.571. The van der Waals surface area contributed by atoms with Gasteiger partial charge >= 0.3 is 0 Å². The minimum Gasteiger partial charge on any atom is -0.394 e. The van der Waals surface area contributed by atoms with Crippen molar-refractivity contribution in [3.63, 3.8) is 0 Å². The molecule has 0 saturated carbocycles. The van der Waals surface area contributed by atoms with Gasteiger partial charge in [-0.25, -0.2) is 0 Å².